The van der Waals surface area contributed by atoms with Crippen LogP contribution in [0.4, 0.5) is 10.9 Å². The van der Waals surface area contributed by atoms with E-state index in [1.165, 1.54) is 19.3 Å². The lowest BCUT2D eigenvalue weighted by atomic mass is 9.87. The molecule has 0 spiro atoms. The van der Waals surface area contributed by atoms with Gasteiger partial charge in [0.1, 0.15) is 11.6 Å². The van der Waals surface area contributed by atoms with Crippen LogP contribution in [0.1, 0.15) is 67.3 Å². The van der Waals surface area contributed by atoms with E-state index < -0.39 is 0 Å². The SMILES string of the molecule is Cc1cc(Nc2ncc(C)s2)nc(C2CCCN(C(=O)C3CCCCC3)C2)n1. The van der Waals surface area contributed by atoms with E-state index in [1.54, 1.807) is 11.3 Å². The van der Waals surface area contributed by atoms with Gasteiger partial charge in [-0.3, -0.25) is 4.79 Å². The molecule has 2 aliphatic rings. The highest BCUT2D eigenvalue weighted by Crippen LogP contribution is 2.31. The lowest BCUT2D eigenvalue weighted by molar-refractivity contribution is -0.137. The van der Waals surface area contributed by atoms with E-state index in [1.807, 2.05) is 26.1 Å². The van der Waals surface area contributed by atoms with Crippen LogP contribution in [0.2, 0.25) is 0 Å². The van der Waals surface area contributed by atoms with Crippen LogP contribution in [0.25, 0.3) is 0 Å². The van der Waals surface area contributed by atoms with Crippen LogP contribution in [0.15, 0.2) is 12.3 Å². The minimum atomic E-state index is 0.208. The summed E-state index contributed by atoms with van der Waals surface area (Å²) in [5.41, 5.74) is 0.941. The van der Waals surface area contributed by atoms with Gasteiger partial charge in [-0.1, -0.05) is 19.3 Å². The second-order valence-electron chi connectivity index (χ2n) is 8.11. The number of hydrogen-bond donors (Lipinski definition) is 1. The van der Waals surface area contributed by atoms with Crippen molar-refractivity contribution in [2.24, 2.45) is 5.92 Å². The van der Waals surface area contributed by atoms with Gasteiger partial charge in [0.25, 0.3) is 0 Å². The first-order valence-electron chi connectivity index (χ1n) is 10.4. The molecule has 3 heterocycles. The van der Waals surface area contributed by atoms with Crippen molar-refractivity contribution in [1.82, 2.24) is 19.9 Å². The summed E-state index contributed by atoms with van der Waals surface area (Å²) in [4.78, 5) is 30.1. The summed E-state index contributed by atoms with van der Waals surface area (Å²) in [6.45, 7) is 5.66. The number of piperidine rings is 1. The average molecular weight is 400 g/mol. The summed E-state index contributed by atoms with van der Waals surface area (Å²) in [6.07, 6.45) is 9.70. The number of anilines is 2. The number of thiazole rings is 1. The first-order chi connectivity index (χ1) is 13.6. The Balaban J connectivity index is 1.47. The Bertz CT molecular complexity index is 830. The normalized spacial score (nSPS) is 20.9. The number of aryl methyl sites for hydroxylation is 2. The predicted molar refractivity (Wildman–Crippen MR) is 112 cm³/mol. The van der Waals surface area contributed by atoms with Crippen LogP contribution in [0.5, 0.6) is 0 Å². The summed E-state index contributed by atoms with van der Waals surface area (Å²) in [7, 11) is 0. The Morgan fingerprint density at radius 2 is 1.96 bits per heavy atom. The molecule has 1 N–H and O–H groups in total. The van der Waals surface area contributed by atoms with Crippen molar-refractivity contribution >= 4 is 28.2 Å². The van der Waals surface area contributed by atoms with E-state index in [0.29, 0.717) is 5.91 Å². The van der Waals surface area contributed by atoms with Gasteiger partial charge in [0, 0.05) is 47.8 Å². The smallest absolute Gasteiger partial charge is 0.225 e. The molecule has 1 unspecified atom stereocenters. The fourth-order valence-electron chi connectivity index (χ4n) is 4.36. The minimum Gasteiger partial charge on any atom is -0.342 e. The summed E-state index contributed by atoms with van der Waals surface area (Å²) in [6, 6.07) is 1.95. The molecule has 1 aliphatic heterocycles. The van der Waals surface area contributed by atoms with Gasteiger partial charge in [0.15, 0.2) is 5.13 Å². The topological polar surface area (TPSA) is 71.0 Å². The Labute approximate surface area is 170 Å². The van der Waals surface area contributed by atoms with Crippen molar-refractivity contribution in [3.63, 3.8) is 0 Å². The van der Waals surface area contributed by atoms with E-state index >= 15 is 0 Å². The van der Waals surface area contributed by atoms with E-state index in [4.69, 9.17) is 9.97 Å². The van der Waals surface area contributed by atoms with E-state index in [-0.39, 0.29) is 11.8 Å². The van der Waals surface area contributed by atoms with Crippen molar-refractivity contribution in [2.75, 3.05) is 18.4 Å². The van der Waals surface area contributed by atoms with Gasteiger partial charge in [-0.2, -0.15) is 0 Å². The zero-order valence-corrected chi connectivity index (χ0v) is 17.6. The average Bonchev–Trinajstić information content (AvgIpc) is 3.12. The van der Waals surface area contributed by atoms with Gasteiger partial charge in [-0.15, -0.1) is 11.3 Å². The number of amides is 1. The summed E-state index contributed by atoms with van der Waals surface area (Å²) in [5.74, 6) is 2.43. The molecular formula is C21H29N5OS. The lowest BCUT2D eigenvalue weighted by Gasteiger charge is -2.35. The quantitative estimate of drug-likeness (QED) is 0.815. The number of likely N-dealkylation sites (tertiary alicyclic amines) is 1. The number of carbonyl (C=O) groups is 1. The number of rotatable bonds is 4. The third-order valence-electron chi connectivity index (χ3n) is 5.78. The van der Waals surface area contributed by atoms with Gasteiger partial charge in [-0.25, -0.2) is 15.0 Å². The maximum absolute atomic E-state index is 13.0. The largest absolute Gasteiger partial charge is 0.342 e. The zero-order valence-electron chi connectivity index (χ0n) is 16.8. The molecular weight excluding hydrogens is 370 g/mol. The van der Waals surface area contributed by atoms with Crippen molar-refractivity contribution in [3.8, 4) is 0 Å². The molecule has 2 aromatic heterocycles. The molecule has 2 aromatic rings. The van der Waals surface area contributed by atoms with E-state index in [9.17, 15) is 4.79 Å². The van der Waals surface area contributed by atoms with Crippen molar-refractivity contribution in [2.45, 2.75) is 64.7 Å². The molecule has 2 fully saturated rings. The molecule has 150 valence electrons. The minimum absolute atomic E-state index is 0.208. The molecule has 1 atom stereocenters. The summed E-state index contributed by atoms with van der Waals surface area (Å²) >= 11 is 1.61. The van der Waals surface area contributed by atoms with Gasteiger partial charge in [-0.05, 0) is 39.5 Å². The molecule has 1 saturated carbocycles. The fraction of sp³-hybridized carbons (Fsp3) is 0.619. The second-order valence-corrected chi connectivity index (χ2v) is 9.35. The molecule has 0 aromatic carbocycles. The third-order valence-corrected chi connectivity index (χ3v) is 6.61. The first kappa shape index (κ1) is 19.3. The molecule has 1 saturated heterocycles. The lowest BCUT2D eigenvalue weighted by Crippen LogP contribution is -2.43. The van der Waals surface area contributed by atoms with Crippen LogP contribution >= 0.6 is 11.3 Å². The zero-order chi connectivity index (χ0) is 19.5. The van der Waals surface area contributed by atoms with E-state index in [0.717, 1.165) is 66.1 Å². The fourth-order valence-corrected chi connectivity index (χ4v) is 5.03. The predicted octanol–water partition coefficient (Wildman–Crippen LogP) is 4.58. The van der Waals surface area contributed by atoms with Crippen LogP contribution in [-0.4, -0.2) is 38.8 Å². The standard InChI is InChI=1S/C21H29N5OS/c1-14-11-18(25-21-22-12-15(2)28-21)24-19(23-14)17-9-6-10-26(13-17)20(27)16-7-4-3-5-8-16/h11-12,16-17H,3-10,13H2,1-2H3,(H,22,23,24,25). The molecule has 1 amide bonds. The summed E-state index contributed by atoms with van der Waals surface area (Å²) in [5, 5.41) is 4.15. The molecule has 4 rings (SSSR count). The number of nitrogens with one attached hydrogen (secondary N) is 1. The number of aromatic nitrogens is 3. The Morgan fingerprint density at radius 3 is 2.71 bits per heavy atom. The molecule has 6 nitrogen and oxygen atoms in total. The first-order valence-corrected chi connectivity index (χ1v) is 11.2. The van der Waals surface area contributed by atoms with Gasteiger partial charge in [0.05, 0.1) is 0 Å². The third kappa shape index (κ3) is 4.51. The Hall–Kier alpha value is -2.02. The Kier molecular flexibility index (Phi) is 5.90. The van der Waals surface area contributed by atoms with Crippen LogP contribution < -0.4 is 5.32 Å². The van der Waals surface area contributed by atoms with Crippen molar-refractivity contribution < 1.29 is 4.79 Å². The van der Waals surface area contributed by atoms with Gasteiger partial charge < -0.3 is 10.2 Å². The van der Waals surface area contributed by atoms with Crippen molar-refractivity contribution in [1.29, 1.82) is 0 Å². The number of carbonyl (C=O) groups excluding carboxylic acids is 1. The molecule has 0 radical (unpaired) electrons. The van der Waals surface area contributed by atoms with Crippen LogP contribution in [0.3, 0.4) is 0 Å². The Morgan fingerprint density at radius 1 is 1.14 bits per heavy atom. The van der Waals surface area contributed by atoms with Crippen LogP contribution in [0, 0.1) is 19.8 Å². The number of nitrogens with zero attached hydrogens (tertiary/aromatic N) is 4. The molecule has 7 heteroatoms. The van der Waals surface area contributed by atoms with E-state index in [2.05, 4.69) is 15.2 Å². The highest BCUT2D eigenvalue weighted by Gasteiger charge is 2.31. The molecule has 1 aliphatic carbocycles. The van der Waals surface area contributed by atoms with Crippen LogP contribution in [-0.2, 0) is 4.79 Å². The second kappa shape index (κ2) is 8.55. The molecule has 28 heavy (non-hydrogen) atoms. The molecule has 0 bridgehead atoms. The van der Waals surface area contributed by atoms with Crippen molar-refractivity contribution in [3.05, 3.63) is 28.7 Å². The van der Waals surface area contributed by atoms with Gasteiger partial charge >= 0.3 is 0 Å². The number of hydrogen-bond acceptors (Lipinski definition) is 6. The maximum atomic E-state index is 13.0. The maximum Gasteiger partial charge on any atom is 0.225 e. The highest BCUT2D eigenvalue weighted by atomic mass is 32.1. The van der Waals surface area contributed by atoms with Gasteiger partial charge in [0.2, 0.25) is 5.91 Å². The summed E-state index contributed by atoms with van der Waals surface area (Å²) < 4.78 is 0. The monoisotopic (exact) mass is 399 g/mol. The highest BCUT2D eigenvalue weighted by molar-refractivity contribution is 7.15.